The number of nitrogens with zero attached hydrogens (tertiary/aromatic N) is 2. The largest absolute Gasteiger partial charge is 0.495 e. The number of ether oxygens (including phenoxy) is 1. The van der Waals surface area contributed by atoms with E-state index in [0.29, 0.717) is 43.3 Å². The van der Waals surface area contributed by atoms with E-state index in [1.807, 2.05) is 42.2 Å². The van der Waals surface area contributed by atoms with Crippen LogP contribution in [0, 0.1) is 5.82 Å². The second-order valence-electron chi connectivity index (χ2n) is 6.34. The number of amides is 1. The van der Waals surface area contributed by atoms with E-state index in [2.05, 4.69) is 10.2 Å². The van der Waals surface area contributed by atoms with Gasteiger partial charge in [0.05, 0.1) is 24.5 Å². The maximum Gasteiger partial charge on any atom is 0.241 e. The number of carbonyl (C=O) groups is 1. The Kier molecular flexibility index (Phi) is 5.73. The maximum atomic E-state index is 13.9. The van der Waals surface area contributed by atoms with Crippen LogP contribution in [0.3, 0.4) is 0 Å². The summed E-state index contributed by atoms with van der Waals surface area (Å²) < 4.78 is 19.2. The van der Waals surface area contributed by atoms with Gasteiger partial charge in [0, 0.05) is 26.2 Å². The van der Waals surface area contributed by atoms with E-state index >= 15 is 0 Å². The van der Waals surface area contributed by atoms with E-state index in [1.54, 1.807) is 19.2 Å². The molecule has 138 valence electrons. The molecule has 6 heteroatoms. The molecule has 1 fully saturated rings. The van der Waals surface area contributed by atoms with E-state index in [-0.39, 0.29) is 17.8 Å². The van der Waals surface area contributed by atoms with Crippen LogP contribution in [0.25, 0.3) is 0 Å². The molecule has 1 heterocycles. The van der Waals surface area contributed by atoms with Gasteiger partial charge in [0.1, 0.15) is 11.6 Å². The highest BCUT2D eigenvalue weighted by atomic mass is 19.1. The molecule has 1 N–H and O–H groups in total. The quantitative estimate of drug-likeness (QED) is 0.894. The van der Waals surface area contributed by atoms with Crippen LogP contribution in [0.15, 0.2) is 48.5 Å². The number of piperazine rings is 1. The molecule has 26 heavy (non-hydrogen) atoms. The SMILES string of the molecule is COc1ccccc1NC(=O)C(C)N1CCN(c2ccccc2F)CC1. The van der Waals surface area contributed by atoms with Crippen molar-refractivity contribution < 1.29 is 13.9 Å². The fraction of sp³-hybridized carbons (Fsp3) is 0.350. The van der Waals surface area contributed by atoms with Crippen molar-refractivity contribution in [2.75, 3.05) is 43.5 Å². The van der Waals surface area contributed by atoms with Crippen molar-refractivity contribution in [3.8, 4) is 5.75 Å². The zero-order valence-corrected chi connectivity index (χ0v) is 15.1. The first-order valence-corrected chi connectivity index (χ1v) is 8.77. The van der Waals surface area contributed by atoms with Gasteiger partial charge in [0.25, 0.3) is 0 Å². The topological polar surface area (TPSA) is 44.8 Å². The summed E-state index contributed by atoms with van der Waals surface area (Å²) in [7, 11) is 1.58. The van der Waals surface area contributed by atoms with Crippen LogP contribution < -0.4 is 15.0 Å². The number of hydrogen-bond acceptors (Lipinski definition) is 4. The maximum absolute atomic E-state index is 13.9. The van der Waals surface area contributed by atoms with Crippen LogP contribution in [0.2, 0.25) is 0 Å². The summed E-state index contributed by atoms with van der Waals surface area (Å²) in [6, 6.07) is 13.9. The molecule has 0 aliphatic carbocycles. The first-order valence-electron chi connectivity index (χ1n) is 8.77. The lowest BCUT2D eigenvalue weighted by atomic mass is 10.2. The average molecular weight is 357 g/mol. The van der Waals surface area contributed by atoms with Crippen LogP contribution in [0.1, 0.15) is 6.92 Å². The van der Waals surface area contributed by atoms with Crippen LogP contribution in [0.4, 0.5) is 15.8 Å². The average Bonchev–Trinajstić information content (AvgIpc) is 2.68. The van der Waals surface area contributed by atoms with Gasteiger partial charge >= 0.3 is 0 Å². The Morgan fingerprint density at radius 3 is 2.42 bits per heavy atom. The number of hydrogen-bond donors (Lipinski definition) is 1. The Morgan fingerprint density at radius 1 is 1.08 bits per heavy atom. The minimum Gasteiger partial charge on any atom is -0.495 e. The fourth-order valence-electron chi connectivity index (χ4n) is 3.21. The van der Waals surface area contributed by atoms with E-state index in [0.717, 1.165) is 0 Å². The van der Waals surface area contributed by atoms with Crippen molar-refractivity contribution in [3.05, 3.63) is 54.3 Å². The van der Waals surface area contributed by atoms with Gasteiger partial charge < -0.3 is 15.0 Å². The summed E-state index contributed by atoms with van der Waals surface area (Å²) in [6.07, 6.45) is 0. The van der Waals surface area contributed by atoms with E-state index < -0.39 is 0 Å². The van der Waals surface area contributed by atoms with Gasteiger partial charge in [-0.3, -0.25) is 9.69 Å². The monoisotopic (exact) mass is 357 g/mol. The second-order valence-corrected chi connectivity index (χ2v) is 6.34. The lowest BCUT2D eigenvalue weighted by Gasteiger charge is -2.38. The molecule has 1 saturated heterocycles. The highest BCUT2D eigenvalue weighted by molar-refractivity contribution is 5.95. The van der Waals surface area contributed by atoms with Crippen molar-refractivity contribution in [2.24, 2.45) is 0 Å². The number of nitrogens with one attached hydrogen (secondary N) is 1. The number of methoxy groups -OCH3 is 1. The fourth-order valence-corrected chi connectivity index (χ4v) is 3.21. The van der Waals surface area contributed by atoms with Gasteiger partial charge in [0.2, 0.25) is 5.91 Å². The number of carbonyl (C=O) groups excluding carboxylic acids is 1. The molecule has 0 radical (unpaired) electrons. The molecule has 0 bridgehead atoms. The highest BCUT2D eigenvalue weighted by Crippen LogP contribution is 2.24. The van der Waals surface area contributed by atoms with Crippen LogP contribution in [0.5, 0.6) is 5.75 Å². The van der Waals surface area contributed by atoms with Crippen LogP contribution in [-0.2, 0) is 4.79 Å². The zero-order valence-electron chi connectivity index (χ0n) is 15.1. The van der Waals surface area contributed by atoms with E-state index in [4.69, 9.17) is 4.74 Å². The van der Waals surface area contributed by atoms with E-state index in [9.17, 15) is 9.18 Å². The summed E-state index contributed by atoms with van der Waals surface area (Å²) in [4.78, 5) is 16.7. The molecular formula is C20H24FN3O2. The molecule has 3 rings (SSSR count). The van der Waals surface area contributed by atoms with Crippen molar-refractivity contribution in [1.82, 2.24) is 4.90 Å². The molecule has 0 aromatic heterocycles. The first-order chi connectivity index (χ1) is 12.6. The Bertz CT molecular complexity index is 760. The number of para-hydroxylation sites is 3. The summed E-state index contributed by atoms with van der Waals surface area (Å²) in [5, 5.41) is 2.93. The van der Waals surface area contributed by atoms with E-state index in [1.165, 1.54) is 6.07 Å². The van der Waals surface area contributed by atoms with Crippen molar-refractivity contribution in [1.29, 1.82) is 0 Å². The van der Waals surface area contributed by atoms with Crippen LogP contribution >= 0.6 is 0 Å². The number of benzene rings is 2. The first kappa shape index (κ1) is 18.2. The van der Waals surface area contributed by atoms with Gasteiger partial charge in [-0.25, -0.2) is 4.39 Å². The third-order valence-corrected chi connectivity index (χ3v) is 4.80. The molecule has 1 atom stereocenters. The van der Waals surface area contributed by atoms with Crippen molar-refractivity contribution in [2.45, 2.75) is 13.0 Å². The lowest BCUT2D eigenvalue weighted by molar-refractivity contribution is -0.120. The summed E-state index contributed by atoms with van der Waals surface area (Å²) in [5.74, 6) is 0.356. The molecule has 1 aliphatic heterocycles. The third-order valence-electron chi connectivity index (χ3n) is 4.80. The summed E-state index contributed by atoms with van der Waals surface area (Å²) >= 11 is 0. The molecule has 2 aromatic rings. The summed E-state index contributed by atoms with van der Waals surface area (Å²) in [5.41, 5.74) is 1.29. The number of halogens is 1. The van der Waals surface area contributed by atoms with Gasteiger partial charge in [-0.1, -0.05) is 24.3 Å². The Hall–Kier alpha value is -2.60. The molecule has 0 spiro atoms. The van der Waals surface area contributed by atoms with Crippen molar-refractivity contribution >= 4 is 17.3 Å². The predicted molar refractivity (Wildman–Crippen MR) is 101 cm³/mol. The highest BCUT2D eigenvalue weighted by Gasteiger charge is 2.26. The number of anilines is 2. The smallest absolute Gasteiger partial charge is 0.241 e. The zero-order chi connectivity index (χ0) is 18.5. The van der Waals surface area contributed by atoms with Gasteiger partial charge in [-0.2, -0.15) is 0 Å². The number of rotatable bonds is 5. The minimum atomic E-state index is -0.275. The molecule has 0 saturated carbocycles. The van der Waals surface area contributed by atoms with Gasteiger partial charge in [-0.05, 0) is 31.2 Å². The summed E-state index contributed by atoms with van der Waals surface area (Å²) in [6.45, 7) is 4.67. The minimum absolute atomic E-state index is 0.0751. The normalized spacial score (nSPS) is 16.2. The molecule has 1 aliphatic rings. The molecule has 1 amide bonds. The van der Waals surface area contributed by atoms with Crippen molar-refractivity contribution in [3.63, 3.8) is 0 Å². The molecular weight excluding hydrogens is 333 g/mol. The Balaban J connectivity index is 1.59. The molecule has 5 nitrogen and oxygen atoms in total. The molecule has 1 unspecified atom stereocenters. The Morgan fingerprint density at radius 2 is 1.73 bits per heavy atom. The van der Waals surface area contributed by atoms with Gasteiger partial charge in [-0.15, -0.1) is 0 Å². The second kappa shape index (κ2) is 8.19. The molecule has 2 aromatic carbocycles. The predicted octanol–water partition coefficient (Wildman–Crippen LogP) is 2.98. The van der Waals surface area contributed by atoms with Gasteiger partial charge in [0.15, 0.2) is 0 Å². The Labute approximate surface area is 153 Å². The lowest BCUT2D eigenvalue weighted by Crippen LogP contribution is -2.53. The third kappa shape index (κ3) is 3.96. The van der Waals surface area contributed by atoms with Crippen LogP contribution in [-0.4, -0.2) is 50.1 Å². The standard InChI is InChI=1S/C20H24FN3O2/c1-15(20(25)22-17-8-4-6-10-19(17)26-2)23-11-13-24(14-12-23)18-9-5-3-7-16(18)21/h3-10,15H,11-14H2,1-2H3,(H,22,25).